The number of esters is 1. The van der Waals surface area contributed by atoms with Crippen LogP contribution in [-0.4, -0.2) is 30.9 Å². The van der Waals surface area contributed by atoms with E-state index in [1.54, 1.807) is 48.5 Å². The molecule has 0 aliphatic carbocycles. The quantitative estimate of drug-likeness (QED) is 0.565. The average Bonchev–Trinajstić information content (AvgIpc) is 2.66. The van der Waals surface area contributed by atoms with Crippen molar-refractivity contribution in [2.45, 2.75) is 6.92 Å². The van der Waals surface area contributed by atoms with E-state index in [0.29, 0.717) is 28.4 Å². The molecule has 2 amide bonds. The Bertz CT molecular complexity index is 865. The minimum atomic E-state index is -0.666. The van der Waals surface area contributed by atoms with Gasteiger partial charge in [0.1, 0.15) is 0 Å². The summed E-state index contributed by atoms with van der Waals surface area (Å²) in [5.74, 6) is -1.41. The summed E-state index contributed by atoms with van der Waals surface area (Å²) in [5.41, 5.74) is 1.53. The number of carbonyl (C=O) groups is 3. The van der Waals surface area contributed by atoms with Crippen LogP contribution in [0, 0.1) is 0 Å². The van der Waals surface area contributed by atoms with Gasteiger partial charge in [0.25, 0.3) is 11.8 Å². The molecular formula is C20H19ClN2O4. The maximum atomic E-state index is 11.9. The van der Waals surface area contributed by atoms with Gasteiger partial charge >= 0.3 is 5.97 Å². The van der Waals surface area contributed by atoms with Crippen LogP contribution < -0.4 is 10.6 Å². The monoisotopic (exact) mass is 386 g/mol. The van der Waals surface area contributed by atoms with Gasteiger partial charge in [0, 0.05) is 28.9 Å². The molecule has 2 aromatic rings. The highest BCUT2D eigenvalue weighted by Crippen LogP contribution is 2.16. The molecule has 0 fully saturated rings. The summed E-state index contributed by atoms with van der Waals surface area (Å²) >= 11 is 5.98. The molecule has 2 aromatic carbocycles. The Kier molecular flexibility index (Phi) is 7.58. The van der Waals surface area contributed by atoms with Crippen LogP contribution in [-0.2, 0) is 14.3 Å². The highest BCUT2D eigenvalue weighted by Gasteiger charge is 2.09. The van der Waals surface area contributed by atoms with E-state index < -0.39 is 18.5 Å². The van der Waals surface area contributed by atoms with Crippen LogP contribution in [0.25, 0.3) is 6.08 Å². The molecule has 0 saturated carbocycles. The fraction of sp³-hybridized carbons (Fsp3) is 0.150. The number of hydrogen-bond acceptors (Lipinski definition) is 4. The molecule has 7 heteroatoms. The molecule has 0 saturated heterocycles. The number of carbonyl (C=O) groups excluding carboxylic acids is 3. The molecule has 0 atom stereocenters. The first-order valence-corrected chi connectivity index (χ1v) is 8.65. The zero-order valence-electron chi connectivity index (χ0n) is 14.7. The highest BCUT2D eigenvalue weighted by atomic mass is 35.5. The highest BCUT2D eigenvalue weighted by molar-refractivity contribution is 6.32. The van der Waals surface area contributed by atoms with Crippen LogP contribution in [0.3, 0.4) is 0 Å². The normalized spacial score (nSPS) is 10.4. The van der Waals surface area contributed by atoms with Gasteiger partial charge in [-0.3, -0.25) is 9.59 Å². The van der Waals surface area contributed by atoms with Crippen LogP contribution in [0.15, 0.2) is 54.6 Å². The molecule has 0 unspecified atom stereocenters. The van der Waals surface area contributed by atoms with E-state index in [4.69, 9.17) is 16.3 Å². The van der Waals surface area contributed by atoms with Crippen molar-refractivity contribution in [3.8, 4) is 0 Å². The number of ether oxygens (including phenoxy) is 1. The summed E-state index contributed by atoms with van der Waals surface area (Å²) in [6.45, 7) is 1.88. The Morgan fingerprint density at radius 3 is 2.63 bits per heavy atom. The summed E-state index contributed by atoms with van der Waals surface area (Å²) in [7, 11) is 0. The molecule has 0 spiro atoms. The SMILES string of the molecule is CCNC(=O)c1cccc(NC(=O)COC(=O)/C=C/c2ccccc2Cl)c1. The molecule has 2 N–H and O–H groups in total. The number of amides is 2. The number of halogens is 1. The van der Waals surface area contributed by atoms with E-state index in [-0.39, 0.29) is 5.91 Å². The molecule has 0 radical (unpaired) electrons. The molecular weight excluding hydrogens is 368 g/mol. The predicted octanol–water partition coefficient (Wildman–Crippen LogP) is 3.28. The minimum Gasteiger partial charge on any atom is -0.452 e. The zero-order chi connectivity index (χ0) is 19.6. The molecule has 0 heterocycles. The lowest BCUT2D eigenvalue weighted by Gasteiger charge is -2.07. The second-order valence-electron chi connectivity index (χ2n) is 5.45. The first-order chi connectivity index (χ1) is 13.0. The number of rotatable bonds is 7. The summed E-state index contributed by atoms with van der Waals surface area (Å²) in [6.07, 6.45) is 2.71. The summed E-state index contributed by atoms with van der Waals surface area (Å²) in [6, 6.07) is 13.5. The summed E-state index contributed by atoms with van der Waals surface area (Å²) in [5, 5.41) is 5.76. The van der Waals surface area contributed by atoms with E-state index >= 15 is 0 Å². The maximum absolute atomic E-state index is 11.9. The fourth-order valence-electron chi connectivity index (χ4n) is 2.15. The van der Waals surface area contributed by atoms with Crippen LogP contribution in [0.1, 0.15) is 22.8 Å². The molecule has 140 valence electrons. The van der Waals surface area contributed by atoms with Gasteiger partial charge in [0.05, 0.1) is 0 Å². The summed E-state index contributed by atoms with van der Waals surface area (Å²) < 4.78 is 4.89. The smallest absolute Gasteiger partial charge is 0.331 e. The van der Waals surface area contributed by atoms with Crippen molar-refractivity contribution < 1.29 is 19.1 Å². The van der Waals surface area contributed by atoms with E-state index in [1.807, 2.05) is 6.92 Å². The van der Waals surface area contributed by atoms with Crippen LogP contribution in [0.4, 0.5) is 5.69 Å². The van der Waals surface area contributed by atoms with Gasteiger partial charge in [0.2, 0.25) is 0 Å². The van der Waals surface area contributed by atoms with Gasteiger partial charge in [-0.15, -0.1) is 0 Å². The van der Waals surface area contributed by atoms with Gasteiger partial charge in [-0.2, -0.15) is 0 Å². The van der Waals surface area contributed by atoms with Crippen LogP contribution >= 0.6 is 11.6 Å². The zero-order valence-corrected chi connectivity index (χ0v) is 15.5. The van der Waals surface area contributed by atoms with Crippen molar-refractivity contribution in [1.82, 2.24) is 5.32 Å². The van der Waals surface area contributed by atoms with E-state index in [2.05, 4.69) is 10.6 Å². The van der Waals surface area contributed by atoms with Crippen LogP contribution in [0.2, 0.25) is 5.02 Å². The molecule has 0 bridgehead atoms. The Balaban J connectivity index is 1.85. The standard InChI is InChI=1S/C20H19ClN2O4/c1-2-22-20(26)15-7-5-8-16(12-15)23-18(24)13-27-19(25)11-10-14-6-3-4-9-17(14)21/h3-12H,2,13H2,1H3,(H,22,26)(H,23,24)/b11-10+. The molecule has 6 nitrogen and oxygen atoms in total. The van der Waals surface area contributed by atoms with Gasteiger partial charge in [-0.25, -0.2) is 4.79 Å². The van der Waals surface area contributed by atoms with Gasteiger partial charge in [-0.05, 0) is 42.8 Å². The first-order valence-electron chi connectivity index (χ1n) is 8.27. The maximum Gasteiger partial charge on any atom is 0.331 e. The fourth-order valence-corrected chi connectivity index (χ4v) is 2.35. The number of hydrogen-bond donors (Lipinski definition) is 2. The lowest BCUT2D eigenvalue weighted by atomic mass is 10.2. The van der Waals surface area contributed by atoms with Crippen molar-refractivity contribution in [2.24, 2.45) is 0 Å². The van der Waals surface area contributed by atoms with E-state index in [0.717, 1.165) is 0 Å². The molecule has 0 aliphatic heterocycles. The molecule has 0 aliphatic rings. The second kappa shape index (κ2) is 10.1. The predicted molar refractivity (Wildman–Crippen MR) is 105 cm³/mol. The number of benzene rings is 2. The van der Waals surface area contributed by atoms with Crippen molar-refractivity contribution in [2.75, 3.05) is 18.5 Å². The van der Waals surface area contributed by atoms with E-state index in [9.17, 15) is 14.4 Å². The Morgan fingerprint density at radius 1 is 1.11 bits per heavy atom. The Labute approximate surface area is 162 Å². The third kappa shape index (κ3) is 6.60. The third-order valence-corrected chi connectivity index (χ3v) is 3.74. The van der Waals surface area contributed by atoms with Crippen LogP contribution in [0.5, 0.6) is 0 Å². The van der Waals surface area contributed by atoms with Crippen molar-refractivity contribution in [3.05, 3.63) is 70.8 Å². The number of nitrogens with one attached hydrogen (secondary N) is 2. The average molecular weight is 387 g/mol. The second-order valence-corrected chi connectivity index (χ2v) is 5.86. The van der Waals surface area contributed by atoms with Crippen molar-refractivity contribution in [1.29, 1.82) is 0 Å². The number of anilines is 1. The minimum absolute atomic E-state index is 0.232. The molecule has 0 aromatic heterocycles. The van der Waals surface area contributed by atoms with E-state index in [1.165, 1.54) is 12.2 Å². The van der Waals surface area contributed by atoms with Gasteiger partial charge in [0.15, 0.2) is 6.61 Å². The largest absolute Gasteiger partial charge is 0.452 e. The molecule has 27 heavy (non-hydrogen) atoms. The Morgan fingerprint density at radius 2 is 1.89 bits per heavy atom. The third-order valence-electron chi connectivity index (χ3n) is 3.40. The molecule has 2 rings (SSSR count). The lowest BCUT2D eigenvalue weighted by molar-refractivity contribution is -0.142. The lowest BCUT2D eigenvalue weighted by Crippen LogP contribution is -2.23. The van der Waals surface area contributed by atoms with Crippen molar-refractivity contribution in [3.63, 3.8) is 0 Å². The topological polar surface area (TPSA) is 84.5 Å². The van der Waals surface area contributed by atoms with Gasteiger partial charge in [-0.1, -0.05) is 35.9 Å². The van der Waals surface area contributed by atoms with Gasteiger partial charge < -0.3 is 15.4 Å². The van der Waals surface area contributed by atoms with Crippen molar-refractivity contribution >= 4 is 41.1 Å². The summed E-state index contributed by atoms with van der Waals surface area (Å²) in [4.78, 5) is 35.4. The Hall–Kier alpha value is -3.12. The first kappa shape index (κ1) is 20.2.